The van der Waals surface area contributed by atoms with Gasteiger partial charge in [0.25, 0.3) is 0 Å². The van der Waals surface area contributed by atoms with Crippen LogP contribution < -0.4 is 10.6 Å². The highest BCUT2D eigenvalue weighted by molar-refractivity contribution is 6.07. The Balaban J connectivity index is 2.06. The number of aromatic nitrogens is 2. The zero-order chi connectivity index (χ0) is 16.1. The zero-order valence-electron chi connectivity index (χ0n) is 11.9. The average molecular weight is 308 g/mol. The van der Waals surface area contributed by atoms with E-state index >= 15 is 0 Å². The van der Waals surface area contributed by atoms with E-state index in [9.17, 15) is 19.2 Å². The van der Waals surface area contributed by atoms with E-state index < -0.39 is 29.9 Å². The van der Waals surface area contributed by atoms with Gasteiger partial charge in [-0.2, -0.15) is 0 Å². The molecule has 9 nitrogen and oxygen atoms in total. The molecule has 0 aliphatic carbocycles. The molecule has 1 aromatic heterocycles. The Morgan fingerprint density at radius 3 is 2.82 bits per heavy atom. The smallest absolute Gasteiger partial charge is 0.336 e. The van der Waals surface area contributed by atoms with E-state index in [-0.39, 0.29) is 18.6 Å². The van der Waals surface area contributed by atoms with Crippen LogP contribution in [-0.2, 0) is 30.3 Å². The van der Waals surface area contributed by atoms with Gasteiger partial charge in [0, 0.05) is 38.2 Å². The lowest BCUT2D eigenvalue weighted by molar-refractivity contribution is -0.160. The highest BCUT2D eigenvalue weighted by Gasteiger charge is 2.34. The topological polar surface area (TPSA) is 130 Å². The van der Waals surface area contributed by atoms with Crippen LogP contribution in [0.3, 0.4) is 0 Å². The minimum atomic E-state index is -1.09. The van der Waals surface area contributed by atoms with Gasteiger partial charge in [-0.15, -0.1) is 0 Å². The summed E-state index contributed by atoms with van der Waals surface area (Å²) >= 11 is 0. The molecule has 1 saturated heterocycles. The molecule has 2 atom stereocenters. The first-order valence-electron chi connectivity index (χ1n) is 6.73. The molecule has 2 heterocycles. The van der Waals surface area contributed by atoms with Crippen LogP contribution in [-0.4, -0.2) is 52.2 Å². The van der Waals surface area contributed by atoms with Crippen LogP contribution in [0.4, 0.5) is 0 Å². The molecule has 9 heteroatoms. The second-order valence-electron chi connectivity index (χ2n) is 4.86. The van der Waals surface area contributed by atoms with Crippen molar-refractivity contribution in [3.8, 4) is 0 Å². The minimum Gasteiger partial charge on any atom is -0.392 e. The molecule has 3 N–H and O–H groups in total. The summed E-state index contributed by atoms with van der Waals surface area (Å²) in [5.74, 6) is -2.52. The van der Waals surface area contributed by atoms with Crippen LogP contribution in [0, 0.1) is 0 Å². The van der Waals surface area contributed by atoms with Gasteiger partial charge in [-0.3, -0.25) is 19.7 Å². The molecule has 0 unspecified atom stereocenters. The fraction of sp³-hybridized carbons (Fsp3) is 0.462. The van der Waals surface area contributed by atoms with Crippen LogP contribution in [0.25, 0.3) is 0 Å². The molecule has 22 heavy (non-hydrogen) atoms. The number of H-pyrrole nitrogens is 1. The lowest BCUT2D eigenvalue weighted by Gasteiger charge is -2.18. The fourth-order valence-corrected chi connectivity index (χ4v) is 2.11. The number of nitrogens with one attached hydrogen (secondary N) is 3. The third kappa shape index (κ3) is 3.98. The zero-order valence-corrected chi connectivity index (χ0v) is 11.9. The number of nitrogens with zero attached hydrogens (tertiary/aromatic N) is 1. The third-order valence-corrected chi connectivity index (χ3v) is 3.13. The lowest BCUT2D eigenvalue weighted by atomic mass is 10.1. The summed E-state index contributed by atoms with van der Waals surface area (Å²) in [6, 6.07) is -2.07. The molecule has 0 saturated carbocycles. The molecule has 0 spiro atoms. The largest absolute Gasteiger partial charge is 0.392 e. The molecule has 1 fully saturated rings. The molecule has 1 aliphatic heterocycles. The summed E-state index contributed by atoms with van der Waals surface area (Å²) < 4.78 is 4.52. The van der Waals surface area contributed by atoms with Crippen LogP contribution >= 0.6 is 0 Å². The maximum atomic E-state index is 12.1. The van der Waals surface area contributed by atoms with E-state index in [4.69, 9.17) is 0 Å². The van der Waals surface area contributed by atoms with Gasteiger partial charge in [0.05, 0.1) is 6.33 Å². The summed E-state index contributed by atoms with van der Waals surface area (Å²) in [7, 11) is 0. The van der Waals surface area contributed by atoms with Crippen LogP contribution in [0.2, 0.25) is 0 Å². The Labute approximate surface area is 125 Å². The van der Waals surface area contributed by atoms with Gasteiger partial charge < -0.3 is 15.0 Å². The van der Waals surface area contributed by atoms with E-state index in [1.54, 1.807) is 0 Å². The number of carbonyl (C=O) groups excluding carboxylic acids is 4. The summed E-state index contributed by atoms with van der Waals surface area (Å²) in [5, 5.41) is 5.19. The normalized spacial score (nSPS) is 18.8. The summed E-state index contributed by atoms with van der Waals surface area (Å²) in [6.45, 7) is 1.51. The predicted molar refractivity (Wildman–Crippen MR) is 72.4 cm³/mol. The van der Waals surface area contributed by atoms with Crippen molar-refractivity contribution in [1.82, 2.24) is 20.6 Å². The first-order valence-corrected chi connectivity index (χ1v) is 6.73. The number of rotatable bonds is 5. The number of esters is 2. The van der Waals surface area contributed by atoms with E-state index in [0.29, 0.717) is 12.2 Å². The summed E-state index contributed by atoms with van der Waals surface area (Å²) in [5.41, 5.74) is 0.580. The van der Waals surface area contributed by atoms with E-state index in [1.165, 1.54) is 12.5 Å². The van der Waals surface area contributed by atoms with Crippen molar-refractivity contribution in [3.63, 3.8) is 0 Å². The van der Waals surface area contributed by atoms with Gasteiger partial charge in [0.2, 0.25) is 5.91 Å². The monoisotopic (exact) mass is 308 g/mol. The molecule has 0 bridgehead atoms. The number of aromatic amines is 1. The Bertz CT molecular complexity index is 583. The van der Waals surface area contributed by atoms with Gasteiger partial charge in [0.15, 0.2) is 5.78 Å². The highest BCUT2D eigenvalue weighted by Crippen LogP contribution is 2.05. The van der Waals surface area contributed by atoms with Crippen molar-refractivity contribution < 1.29 is 23.9 Å². The number of ketones is 1. The van der Waals surface area contributed by atoms with Crippen LogP contribution in [0.15, 0.2) is 12.5 Å². The van der Waals surface area contributed by atoms with Crippen molar-refractivity contribution in [3.05, 3.63) is 18.2 Å². The quantitative estimate of drug-likeness (QED) is 0.444. The number of ether oxygens (including phenoxy) is 1. The number of carbonyl (C=O) groups is 4. The molecule has 1 aromatic rings. The van der Waals surface area contributed by atoms with Crippen LogP contribution in [0.5, 0.6) is 0 Å². The SMILES string of the molecule is CC(=O)OC(=O)[C@H](Cc1cnc[nH]1)NC(=O)[C@H]1NCCC1=O. The molecular formula is C13H16N4O5. The standard InChI is InChI=1S/C13H16N4O5/c1-7(18)22-13(21)9(4-8-5-14-6-16-8)17-12(20)11-10(19)2-3-15-11/h5-6,9,11,15H,2-4H2,1H3,(H,14,16)(H,17,20)/t9-,11-/m0/s1. The van der Waals surface area contributed by atoms with E-state index in [0.717, 1.165) is 6.92 Å². The number of Topliss-reactive ketones (excluding diaryl/α,β-unsaturated/α-hetero) is 1. The molecule has 0 radical (unpaired) electrons. The maximum Gasteiger partial charge on any atom is 0.336 e. The second kappa shape index (κ2) is 6.94. The Morgan fingerprint density at radius 2 is 2.27 bits per heavy atom. The van der Waals surface area contributed by atoms with E-state index in [2.05, 4.69) is 25.3 Å². The number of amides is 1. The Morgan fingerprint density at radius 1 is 1.50 bits per heavy atom. The van der Waals surface area contributed by atoms with Crippen molar-refractivity contribution in [1.29, 1.82) is 0 Å². The minimum absolute atomic E-state index is 0.0682. The van der Waals surface area contributed by atoms with Gasteiger partial charge in [-0.1, -0.05) is 0 Å². The maximum absolute atomic E-state index is 12.1. The van der Waals surface area contributed by atoms with Gasteiger partial charge in [0.1, 0.15) is 12.1 Å². The van der Waals surface area contributed by atoms with Crippen molar-refractivity contribution in [2.75, 3.05) is 6.54 Å². The number of hydrogen-bond donors (Lipinski definition) is 3. The Hall–Kier alpha value is -2.55. The first-order chi connectivity index (χ1) is 10.5. The van der Waals surface area contributed by atoms with Crippen molar-refractivity contribution >= 4 is 23.6 Å². The predicted octanol–water partition coefficient (Wildman–Crippen LogP) is -1.54. The molecule has 0 aromatic carbocycles. The lowest BCUT2D eigenvalue weighted by Crippen LogP contribution is -2.51. The number of hydrogen-bond acceptors (Lipinski definition) is 7. The summed E-state index contributed by atoms with van der Waals surface area (Å²) in [4.78, 5) is 53.1. The molecule has 118 valence electrons. The Kier molecular flexibility index (Phi) is 4.99. The number of imidazole rings is 1. The average Bonchev–Trinajstić information content (AvgIpc) is 3.08. The van der Waals surface area contributed by atoms with E-state index in [1.807, 2.05) is 0 Å². The summed E-state index contributed by atoms with van der Waals surface area (Å²) in [6.07, 6.45) is 3.24. The first kappa shape index (κ1) is 15.8. The molecule has 2 rings (SSSR count). The van der Waals surface area contributed by atoms with Crippen LogP contribution in [0.1, 0.15) is 19.0 Å². The second-order valence-corrected chi connectivity index (χ2v) is 4.86. The molecule has 1 aliphatic rings. The highest BCUT2D eigenvalue weighted by atomic mass is 16.6. The fourth-order valence-electron chi connectivity index (χ4n) is 2.11. The molecular weight excluding hydrogens is 292 g/mol. The van der Waals surface area contributed by atoms with Crippen molar-refractivity contribution in [2.45, 2.75) is 31.8 Å². The molecule has 1 amide bonds. The van der Waals surface area contributed by atoms with Gasteiger partial charge in [-0.05, 0) is 0 Å². The van der Waals surface area contributed by atoms with Gasteiger partial charge >= 0.3 is 11.9 Å². The third-order valence-electron chi connectivity index (χ3n) is 3.13. The van der Waals surface area contributed by atoms with Crippen molar-refractivity contribution in [2.24, 2.45) is 0 Å². The van der Waals surface area contributed by atoms with Gasteiger partial charge in [-0.25, -0.2) is 9.78 Å².